The van der Waals surface area contributed by atoms with Gasteiger partial charge in [-0.1, -0.05) is 11.6 Å². The van der Waals surface area contributed by atoms with E-state index in [9.17, 15) is 4.79 Å². The molecular weight excluding hydrogens is 224 g/mol. The van der Waals surface area contributed by atoms with Gasteiger partial charge in [-0.15, -0.1) is 0 Å². The number of rotatable bonds is 3. The first kappa shape index (κ1) is 12.8. The molecule has 0 bridgehead atoms. The van der Waals surface area contributed by atoms with Crippen LogP contribution in [0.1, 0.15) is 48.7 Å². The van der Waals surface area contributed by atoms with Crippen molar-refractivity contribution in [3.8, 4) is 0 Å². The van der Waals surface area contributed by atoms with Gasteiger partial charge < -0.3 is 5.32 Å². The number of nitrogens with zero attached hydrogens (tertiary/aromatic N) is 1. The summed E-state index contributed by atoms with van der Waals surface area (Å²) in [6, 6.07) is 3.74. The first-order valence-electron chi connectivity index (χ1n) is 6.60. The van der Waals surface area contributed by atoms with E-state index in [-0.39, 0.29) is 11.9 Å². The van der Waals surface area contributed by atoms with Crippen LogP contribution in [0.15, 0.2) is 30.0 Å². The monoisotopic (exact) mass is 244 g/mol. The first-order valence-corrected chi connectivity index (χ1v) is 6.60. The predicted molar refractivity (Wildman–Crippen MR) is 72.5 cm³/mol. The highest BCUT2D eigenvalue weighted by Crippen LogP contribution is 2.20. The van der Waals surface area contributed by atoms with Gasteiger partial charge in [0.15, 0.2) is 0 Å². The highest BCUT2D eigenvalue weighted by Gasteiger charge is 2.16. The summed E-state index contributed by atoms with van der Waals surface area (Å²) in [5, 5.41) is 3.06. The minimum atomic E-state index is -0.0282. The van der Waals surface area contributed by atoms with Crippen molar-refractivity contribution < 1.29 is 4.79 Å². The van der Waals surface area contributed by atoms with Crippen LogP contribution >= 0.6 is 0 Å². The standard InChI is InChI=1S/C15H20N2O/c1-11(13-7-4-3-5-8-13)17-15(18)14-9-6-10-16-12(14)2/h6-7,9-11H,3-5,8H2,1-2H3,(H,17,18)/t11-/m1/s1. The van der Waals surface area contributed by atoms with Crippen LogP contribution in [0.25, 0.3) is 0 Å². The summed E-state index contributed by atoms with van der Waals surface area (Å²) in [5.41, 5.74) is 2.80. The van der Waals surface area contributed by atoms with E-state index < -0.39 is 0 Å². The van der Waals surface area contributed by atoms with Gasteiger partial charge in [0.05, 0.1) is 5.56 Å². The topological polar surface area (TPSA) is 42.0 Å². The quantitative estimate of drug-likeness (QED) is 0.830. The van der Waals surface area contributed by atoms with Crippen LogP contribution in [0.5, 0.6) is 0 Å². The summed E-state index contributed by atoms with van der Waals surface area (Å²) in [6.07, 6.45) is 8.72. The number of aromatic nitrogens is 1. The second-order valence-electron chi connectivity index (χ2n) is 4.86. The Morgan fingerprint density at radius 2 is 2.28 bits per heavy atom. The zero-order chi connectivity index (χ0) is 13.0. The second kappa shape index (κ2) is 5.80. The molecule has 0 spiro atoms. The lowest BCUT2D eigenvalue weighted by atomic mass is 9.94. The number of aryl methyl sites for hydroxylation is 1. The van der Waals surface area contributed by atoms with Crippen molar-refractivity contribution in [2.45, 2.75) is 45.6 Å². The third-order valence-electron chi connectivity index (χ3n) is 3.48. The van der Waals surface area contributed by atoms with Gasteiger partial charge in [0, 0.05) is 17.9 Å². The Balaban J connectivity index is 2.03. The largest absolute Gasteiger partial charge is 0.346 e. The van der Waals surface area contributed by atoms with Crippen LogP contribution in [0.2, 0.25) is 0 Å². The number of nitrogens with one attached hydrogen (secondary N) is 1. The van der Waals surface area contributed by atoms with Crippen molar-refractivity contribution in [3.05, 3.63) is 41.2 Å². The second-order valence-corrected chi connectivity index (χ2v) is 4.86. The van der Waals surface area contributed by atoms with Gasteiger partial charge in [-0.25, -0.2) is 0 Å². The zero-order valence-corrected chi connectivity index (χ0v) is 11.1. The minimum Gasteiger partial charge on any atom is -0.346 e. The SMILES string of the molecule is Cc1ncccc1C(=O)N[C@H](C)C1=CCCCC1. The smallest absolute Gasteiger partial charge is 0.253 e. The minimum absolute atomic E-state index is 0.0282. The van der Waals surface area contributed by atoms with Crippen LogP contribution in [0, 0.1) is 6.92 Å². The lowest BCUT2D eigenvalue weighted by Crippen LogP contribution is -2.34. The molecule has 0 fully saturated rings. The molecule has 1 aromatic rings. The summed E-state index contributed by atoms with van der Waals surface area (Å²) >= 11 is 0. The number of carbonyl (C=O) groups is 1. The molecule has 3 nitrogen and oxygen atoms in total. The lowest BCUT2D eigenvalue weighted by Gasteiger charge is -2.21. The molecule has 3 heteroatoms. The summed E-state index contributed by atoms with van der Waals surface area (Å²) < 4.78 is 0. The van der Waals surface area contributed by atoms with Crippen LogP contribution in [-0.4, -0.2) is 16.9 Å². The molecule has 0 unspecified atom stereocenters. The van der Waals surface area contributed by atoms with Gasteiger partial charge in [-0.05, 0) is 51.7 Å². The van der Waals surface area contributed by atoms with Gasteiger partial charge in [0.2, 0.25) is 0 Å². The van der Waals surface area contributed by atoms with Crippen LogP contribution in [-0.2, 0) is 0 Å². The third-order valence-corrected chi connectivity index (χ3v) is 3.48. The average Bonchev–Trinajstić information content (AvgIpc) is 2.40. The Hall–Kier alpha value is -1.64. The highest BCUT2D eigenvalue weighted by molar-refractivity contribution is 5.95. The van der Waals surface area contributed by atoms with Crippen molar-refractivity contribution >= 4 is 5.91 Å². The molecule has 0 saturated carbocycles. The molecule has 1 aliphatic rings. The molecule has 1 aliphatic carbocycles. The Kier molecular flexibility index (Phi) is 4.13. The van der Waals surface area contributed by atoms with E-state index in [1.54, 1.807) is 12.3 Å². The molecule has 0 saturated heterocycles. The van der Waals surface area contributed by atoms with E-state index in [0.29, 0.717) is 5.56 Å². The number of hydrogen-bond donors (Lipinski definition) is 1. The maximum atomic E-state index is 12.1. The van der Waals surface area contributed by atoms with Crippen LogP contribution in [0.4, 0.5) is 0 Å². The van der Waals surface area contributed by atoms with Crippen molar-refractivity contribution in [1.82, 2.24) is 10.3 Å². The fourth-order valence-electron chi connectivity index (χ4n) is 2.35. The Bertz CT molecular complexity index is 465. The molecule has 1 N–H and O–H groups in total. The lowest BCUT2D eigenvalue weighted by molar-refractivity contribution is 0.0943. The van der Waals surface area contributed by atoms with Crippen molar-refractivity contribution in [1.29, 1.82) is 0 Å². The van der Waals surface area contributed by atoms with Crippen molar-refractivity contribution in [3.63, 3.8) is 0 Å². The van der Waals surface area contributed by atoms with E-state index in [1.807, 2.05) is 13.0 Å². The van der Waals surface area contributed by atoms with E-state index in [4.69, 9.17) is 0 Å². The first-order chi connectivity index (χ1) is 8.68. The average molecular weight is 244 g/mol. The molecule has 1 amide bonds. The molecule has 0 aliphatic heterocycles. The van der Waals surface area contributed by atoms with E-state index in [2.05, 4.69) is 23.3 Å². The van der Waals surface area contributed by atoms with E-state index >= 15 is 0 Å². The number of hydrogen-bond acceptors (Lipinski definition) is 2. The summed E-state index contributed by atoms with van der Waals surface area (Å²) in [6.45, 7) is 3.92. The fourth-order valence-corrected chi connectivity index (χ4v) is 2.35. The Morgan fingerprint density at radius 1 is 1.44 bits per heavy atom. The maximum Gasteiger partial charge on any atom is 0.253 e. The number of amides is 1. The fraction of sp³-hybridized carbons (Fsp3) is 0.467. The van der Waals surface area contributed by atoms with Crippen molar-refractivity contribution in [2.75, 3.05) is 0 Å². The molecule has 0 aromatic carbocycles. The predicted octanol–water partition coefficient (Wildman–Crippen LogP) is 3.01. The number of carbonyl (C=O) groups excluding carboxylic acids is 1. The molecule has 1 heterocycles. The molecule has 0 radical (unpaired) electrons. The molecule has 1 atom stereocenters. The Labute approximate surface area is 108 Å². The van der Waals surface area contributed by atoms with E-state index in [1.165, 1.54) is 18.4 Å². The van der Waals surface area contributed by atoms with Gasteiger partial charge in [0.1, 0.15) is 0 Å². The normalized spacial score (nSPS) is 16.9. The highest BCUT2D eigenvalue weighted by atomic mass is 16.1. The third kappa shape index (κ3) is 2.97. The molecule has 2 rings (SSSR count). The maximum absolute atomic E-state index is 12.1. The summed E-state index contributed by atoms with van der Waals surface area (Å²) in [4.78, 5) is 16.3. The summed E-state index contributed by atoms with van der Waals surface area (Å²) in [7, 11) is 0. The van der Waals surface area contributed by atoms with Gasteiger partial charge in [0.25, 0.3) is 5.91 Å². The summed E-state index contributed by atoms with van der Waals surface area (Å²) in [5.74, 6) is -0.0282. The molecule has 18 heavy (non-hydrogen) atoms. The number of allylic oxidation sites excluding steroid dienone is 1. The molecule has 1 aromatic heterocycles. The zero-order valence-electron chi connectivity index (χ0n) is 11.1. The van der Waals surface area contributed by atoms with E-state index in [0.717, 1.165) is 18.5 Å². The Morgan fingerprint density at radius 3 is 2.94 bits per heavy atom. The van der Waals surface area contributed by atoms with Gasteiger partial charge in [-0.2, -0.15) is 0 Å². The van der Waals surface area contributed by atoms with Gasteiger partial charge >= 0.3 is 0 Å². The van der Waals surface area contributed by atoms with Crippen molar-refractivity contribution in [2.24, 2.45) is 0 Å². The number of pyridine rings is 1. The molecular formula is C15H20N2O. The van der Waals surface area contributed by atoms with Gasteiger partial charge in [-0.3, -0.25) is 9.78 Å². The molecule has 96 valence electrons. The van der Waals surface area contributed by atoms with Crippen LogP contribution in [0.3, 0.4) is 0 Å². The van der Waals surface area contributed by atoms with Crippen LogP contribution < -0.4 is 5.32 Å².